The largest absolute Gasteiger partial charge is 0.496 e. The van der Waals surface area contributed by atoms with Gasteiger partial charge in [-0.1, -0.05) is 0 Å². The highest BCUT2D eigenvalue weighted by Crippen LogP contribution is 2.32. The lowest BCUT2D eigenvalue weighted by Crippen LogP contribution is -2.12. The monoisotopic (exact) mass is 268 g/mol. The fourth-order valence-electron chi connectivity index (χ4n) is 1.66. The summed E-state index contributed by atoms with van der Waals surface area (Å²) in [5.74, 6) is 0.882. The summed E-state index contributed by atoms with van der Waals surface area (Å²) < 4.78 is 5.29. The van der Waals surface area contributed by atoms with E-state index in [1.54, 1.807) is 29.8 Å². The first-order valence-corrected chi connectivity index (χ1v) is 7.11. The minimum Gasteiger partial charge on any atom is -0.496 e. The van der Waals surface area contributed by atoms with Crippen molar-refractivity contribution in [2.45, 2.75) is 26.3 Å². The second-order valence-corrected chi connectivity index (χ2v) is 6.15. The van der Waals surface area contributed by atoms with Crippen LogP contribution in [0.4, 0.5) is 0 Å². The molecule has 0 bridgehead atoms. The summed E-state index contributed by atoms with van der Waals surface area (Å²) in [6.07, 6.45) is 0.774. The van der Waals surface area contributed by atoms with Crippen LogP contribution in [0.5, 0.6) is 5.75 Å². The average Bonchev–Trinajstić information content (AvgIpc) is 2.86. The Morgan fingerprint density at radius 1 is 1.47 bits per heavy atom. The van der Waals surface area contributed by atoms with Crippen LogP contribution >= 0.6 is 22.7 Å². The fourth-order valence-corrected chi connectivity index (χ4v) is 3.51. The zero-order valence-corrected chi connectivity index (χ0v) is 11.8. The zero-order chi connectivity index (χ0) is 12.4. The molecule has 2 aromatic heterocycles. The number of nitrogens with two attached hydrogens (primary N) is 1. The lowest BCUT2D eigenvalue weighted by atomic mass is 10.2. The smallest absolute Gasteiger partial charge is 0.134 e. The van der Waals surface area contributed by atoms with Crippen LogP contribution in [-0.4, -0.2) is 12.1 Å². The Morgan fingerprint density at radius 2 is 2.24 bits per heavy atom. The summed E-state index contributed by atoms with van der Waals surface area (Å²) in [4.78, 5) is 6.88. The minimum absolute atomic E-state index is 0.0325. The van der Waals surface area contributed by atoms with E-state index < -0.39 is 0 Å². The maximum atomic E-state index is 6.20. The molecule has 92 valence electrons. The first kappa shape index (κ1) is 12.5. The van der Waals surface area contributed by atoms with E-state index in [1.165, 1.54) is 4.88 Å². The molecule has 0 saturated carbocycles. The molecule has 2 N–H and O–H groups in total. The van der Waals surface area contributed by atoms with Crippen LogP contribution in [0.15, 0.2) is 11.4 Å². The van der Waals surface area contributed by atoms with Gasteiger partial charge in [0, 0.05) is 17.3 Å². The second-order valence-electron chi connectivity index (χ2n) is 3.91. The molecule has 0 radical (unpaired) electrons. The quantitative estimate of drug-likeness (QED) is 0.927. The normalized spacial score (nSPS) is 12.7. The third-order valence-electron chi connectivity index (χ3n) is 2.68. The summed E-state index contributed by atoms with van der Waals surface area (Å²) >= 11 is 3.37. The molecule has 0 aromatic carbocycles. The standard InChI is InChI=1S/C12H16N2OS2/c1-7-8(2)17-11(14-7)6-9(13)12-10(15-3)4-5-16-12/h4-5,9H,6,13H2,1-3H3. The SMILES string of the molecule is COc1ccsc1C(N)Cc1nc(C)c(C)s1. The number of ether oxygens (including phenoxy) is 1. The number of aryl methyl sites for hydroxylation is 2. The van der Waals surface area contributed by atoms with E-state index in [4.69, 9.17) is 10.5 Å². The Kier molecular flexibility index (Phi) is 3.81. The minimum atomic E-state index is -0.0325. The van der Waals surface area contributed by atoms with Crippen molar-refractivity contribution < 1.29 is 4.74 Å². The number of aromatic nitrogens is 1. The Morgan fingerprint density at radius 3 is 2.82 bits per heavy atom. The predicted molar refractivity (Wildman–Crippen MR) is 73.1 cm³/mol. The van der Waals surface area contributed by atoms with Gasteiger partial charge in [-0.05, 0) is 25.3 Å². The Labute approximate surface area is 109 Å². The molecule has 0 aliphatic rings. The Balaban J connectivity index is 2.14. The predicted octanol–water partition coefficient (Wildman–Crippen LogP) is 3.07. The van der Waals surface area contributed by atoms with Gasteiger partial charge in [0.1, 0.15) is 5.75 Å². The third-order valence-corrected chi connectivity index (χ3v) is 4.81. The van der Waals surface area contributed by atoms with E-state index in [1.807, 2.05) is 18.4 Å². The summed E-state index contributed by atoms with van der Waals surface area (Å²) in [6.45, 7) is 4.13. The fraction of sp³-hybridized carbons (Fsp3) is 0.417. The number of nitrogens with zero attached hydrogens (tertiary/aromatic N) is 1. The molecule has 0 amide bonds. The first-order chi connectivity index (χ1) is 8.11. The molecule has 1 unspecified atom stereocenters. The van der Waals surface area contributed by atoms with Gasteiger partial charge in [-0.2, -0.15) is 0 Å². The number of thiazole rings is 1. The molecule has 5 heteroatoms. The molecule has 0 saturated heterocycles. The number of thiophene rings is 1. The molecule has 0 fully saturated rings. The van der Waals surface area contributed by atoms with Crippen LogP contribution in [0, 0.1) is 13.8 Å². The van der Waals surface area contributed by atoms with Crippen molar-refractivity contribution in [3.8, 4) is 5.75 Å². The topological polar surface area (TPSA) is 48.1 Å². The molecule has 0 spiro atoms. The summed E-state index contributed by atoms with van der Waals surface area (Å²) in [6, 6.07) is 1.92. The Bertz CT molecular complexity index is 485. The molecule has 17 heavy (non-hydrogen) atoms. The van der Waals surface area contributed by atoms with E-state index in [2.05, 4.69) is 11.9 Å². The summed E-state index contributed by atoms with van der Waals surface area (Å²) in [7, 11) is 1.68. The van der Waals surface area contributed by atoms with Crippen LogP contribution in [0.1, 0.15) is 26.5 Å². The van der Waals surface area contributed by atoms with Gasteiger partial charge in [0.15, 0.2) is 0 Å². The van der Waals surface area contributed by atoms with Gasteiger partial charge in [0.2, 0.25) is 0 Å². The molecule has 0 aliphatic carbocycles. The lowest BCUT2D eigenvalue weighted by molar-refractivity contribution is 0.409. The number of rotatable bonds is 4. The van der Waals surface area contributed by atoms with Crippen LogP contribution in [0.25, 0.3) is 0 Å². The molecule has 1 atom stereocenters. The molecule has 2 heterocycles. The molecule has 0 aliphatic heterocycles. The summed E-state index contributed by atoms with van der Waals surface area (Å²) in [5, 5.41) is 3.11. The van der Waals surface area contributed by atoms with Gasteiger partial charge in [-0.25, -0.2) is 4.98 Å². The number of hydrogen-bond donors (Lipinski definition) is 1. The Hall–Kier alpha value is -0.910. The van der Waals surface area contributed by atoms with E-state index >= 15 is 0 Å². The molecule has 3 nitrogen and oxygen atoms in total. The third kappa shape index (κ3) is 2.68. The van der Waals surface area contributed by atoms with Crippen molar-refractivity contribution in [1.29, 1.82) is 0 Å². The van der Waals surface area contributed by atoms with Gasteiger partial charge < -0.3 is 10.5 Å². The number of hydrogen-bond acceptors (Lipinski definition) is 5. The van der Waals surface area contributed by atoms with Gasteiger partial charge >= 0.3 is 0 Å². The van der Waals surface area contributed by atoms with Gasteiger partial charge in [-0.15, -0.1) is 22.7 Å². The maximum Gasteiger partial charge on any atom is 0.134 e. The maximum absolute atomic E-state index is 6.20. The lowest BCUT2D eigenvalue weighted by Gasteiger charge is -2.09. The highest BCUT2D eigenvalue weighted by Gasteiger charge is 2.16. The van der Waals surface area contributed by atoms with Gasteiger partial charge in [-0.3, -0.25) is 0 Å². The van der Waals surface area contributed by atoms with Crippen LogP contribution in [0.2, 0.25) is 0 Å². The van der Waals surface area contributed by atoms with Crippen LogP contribution in [0.3, 0.4) is 0 Å². The van der Waals surface area contributed by atoms with Crippen molar-refractivity contribution >= 4 is 22.7 Å². The van der Waals surface area contributed by atoms with Crippen molar-refractivity contribution in [3.63, 3.8) is 0 Å². The second kappa shape index (κ2) is 5.16. The molecule has 2 aromatic rings. The summed E-state index contributed by atoms with van der Waals surface area (Å²) in [5.41, 5.74) is 7.31. The van der Waals surface area contributed by atoms with Crippen molar-refractivity contribution in [2.24, 2.45) is 5.73 Å². The van der Waals surface area contributed by atoms with Crippen molar-refractivity contribution in [2.75, 3.05) is 7.11 Å². The van der Waals surface area contributed by atoms with Crippen LogP contribution in [-0.2, 0) is 6.42 Å². The van der Waals surface area contributed by atoms with Crippen molar-refractivity contribution in [3.05, 3.63) is 31.9 Å². The first-order valence-electron chi connectivity index (χ1n) is 5.41. The van der Waals surface area contributed by atoms with E-state index in [-0.39, 0.29) is 6.04 Å². The highest BCUT2D eigenvalue weighted by atomic mass is 32.1. The van der Waals surface area contributed by atoms with Gasteiger partial charge in [0.25, 0.3) is 0 Å². The van der Waals surface area contributed by atoms with Crippen LogP contribution < -0.4 is 10.5 Å². The van der Waals surface area contributed by atoms with Crippen molar-refractivity contribution in [1.82, 2.24) is 4.98 Å². The van der Waals surface area contributed by atoms with E-state index in [9.17, 15) is 0 Å². The average molecular weight is 268 g/mol. The zero-order valence-electron chi connectivity index (χ0n) is 10.2. The van der Waals surface area contributed by atoms with Gasteiger partial charge in [0.05, 0.1) is 22.7 Å². The molecular weight excluding hydrogens is 252 g/mol. The van der Waals surface area contributed by atoms with E-state index in [0.717, 1.165) is 27.7 Å². The number of methoxy groups -OCH3 is 1. The molecule has 2 rings (SSSR count). The molecular formula is C12H16N2OS2. The van der Waals surface area contributed by atoms with E-state index in [0.29, 0.717) is 0 Å². The highest BCUT2D eigenvalue weighted by molar-refractivity contribution is 7.11.